The van der Waals surface area contributed by atoms with Gasteiger partial charge in [0.2, 0.25) is 11.8 Å². The average molecular weight is 435 g/mol. The van der Waals surface area contributed by atoms with E-state index in [1.54, 1.807) is 48.2 Å². The van der Waals surface area contributed by atoms with E-state index in [0.29, 0.717) is 28.8 Å². The molecule has 2 amide bonds. The van der Waals surface area contributed by atoms with Gasteiger partial charge in [-0.1, -0.05) is 48.0 Å². The molecule has 1 heterocycles. The lowest BCUT2D eigenvalue weighted by Gasteiger charge is -2.36. The summed E-state index contributed by atoms with van der Waals surface area (Å²) in [6.45, 7) is 2.18. The third-order valence-electron chi connectivity index (χ3n) is 5.40. The van der Waals surface area contributed by atoms with Crippen LogP contribution in [0.1, 0.15) is 30.5 Å². The smallest absolute Gasteiger partial charge is 0.226 e. The van der Waals surface area contributed by atoms with Crippen molar-refractivity contribution in [3.8, 4) is 11.5 Å². The first kappa shape index (κ1) is 20.9. The average Bonchev–Trinajstić information content (AvgIpc) is 2.76. The molecule has 0 aromatic heterocycles. The molecule has 31 heavy (non-hydrogen) atoms. The number of para-hydroxylation sites is 1. The number of nitrogens with zero attached hydrogens (tertiary/aromatic N) is 1. The number of carbonyl (C=O) groups excluding carboxylic acids is 2. The second kappa shape index (κ2) is 9.23. The standard InChI is InChI=1S/C25H23ClN2O3/c1-17(29)28-15-14-18-6-2-3-7-21(18)23(28)16-25(30)27-19-10-12-20(13-11-19)31-24-9-5-4-8-22(24)26/h2-13,23H,14-16H2,1H3,(H,27,30). The zero-order chi connectivity index (χ0) is 21.8. The van der Waals surface area contributed by atoms with Crippen LogP contribution in [0.5, 0.6) is 11.5 Å². The van der Waals surface area contributed by atoms with Gasteiger partial charge in [-0.3, -0.25) is 9.59 Å². The number of amides is 2. The quantitative estimate of drug-likeness (QED) is 0.568. The fourth-order valence-electron chi connectivity index (χ4n) is 3.90. The molecule has 1 unspecified atom stereocenters. The summed E-state index contributed by atoms with van der Waals surface area (Å²) in [6, 6.07) is 22.1. The molecule has 3 aromatic rings. The summed E-state index contributed by atoms with van der Waals surface area (Å²) in [5.41, 5.74) is 2.90. The number of fused-ring (bicyclic) bond motifs is 1. The largest absolute Gasteiger partial charge is 0.456 e. The molecule has 6 heteroatoms. The Morgan fingerprint density at radius 1 is 1.03 bits per heavy atom. The summed E-state index contributed by atoms with van der Waals surface area (Å²) in [4.78, 5) is 26.7. The van der Waals surface area contributed by atoms with Crippen molar-refractivity contribution in [2.75, 3.05) is 11.9 Å². The molecule has 158 valence electrons. The van der Waals surface area contributed by atoms with E-state index in [0.717, 1.165) is 12.0 Å². The summed E-state index contributed by atoms with van der Waals surface area (Å²) in [5, 5.41) is 3.45. The Morgan fingerprint density at radius 3 is 2.48 bits per heavy atom. The molecular formula is C25H23ClN2O3. The number of rotatable bonds is 5. The molecule has 0 aliphatic carbocycles. The van der Waals surface area contributed by atoms with Crippen molar-refractivity contribution < 1.29 is 14.3 Å². The third kappa shape index (κ3) is 4.89. The lowest BCUT2D eigenvalue weighted by molar-refractivity contribution is -0.132. The SMILES string of the molecule is CC(=O)N1CCc2ccccc2C1CC(=O)Nc1ccc(Oc2ccccc2Cl)cc1. The second-order valence-corrected chi connectivity index (χ2v) is 7.89. The molecule has 1 aliphatic rings. The summed E-state index contributed by atoms with van der Waals surface area (Å²) in [5.74, 6) is 1.03. The van der Waals surface area contributed by atoms with Gasteiger partial charge in [-0.05, 0) is 53.9 Å². The zero-order valence-electron chi connectivity index (χ0n) is 17.2. The molecule has 4 rings (SSSR count). The molecule has 1 N–H and O–H groups in total. The van der Waals surface area contributed by atoms with Crippen LogP contribution in [0, 0.1) is 0 Å². The number of carbonyl (C=O) groups is 2. The molecule has 0 saturated heterocycles. The van der Waals surface area contributed by atoms with Crippen molar-refractivity contribution in [2.24, 2.45) is 0 Å². The maximum absolute atomic E-state index is 12.8. The van der Waals surface area contributed by atoms with Gasteiger partial charge in [0.05, 0.1) is 17.5 Å². The Bertz CT molecular complexity index is 1100. The van der Waals surface area contributed by atoms with Gasteiger partial charge >= 0.3 is 0 Å². The van der Waals surface area contributed by atoms with Gasteiger partial charge in [0, 0.05) is 19.2 Å². The number of hydrogen-bond acceptors (Lipinski definition) is 3. The molecule has 0 saturated carbocycles. The minimum atomic E-state index is -0.259. The Labute approximate surface area is 186 Å². The number of anilines is 1. The van der Waals surface area contributed by atoms with Crippen molar-refractivity contribution in [1.82, 2.24) is 4.90 Å². The molecule has 1 atom stereocenters. The van der Waals surface area contributed by atoms with Gasteiger partial charge in [-0.15, -0.1) is 0 Å². The van der Waals surface area contributed by atoms with Gasteiger partial charge in [0.1, 0.15) is 11.5 Å². The Kier molecular flexibility index (Phi) is 6.23. The van der Waals surface area contributed by atoms with Crippen molar-refractivity contribution in [3.05, 3.63) is 88.9 Å². The highest BCUT2D eigenvalue weighted by Gasteiger charge is 2.30. The van der Waals surface area contributed by atoms with Gasteiger partial charge < -0.3 is 15.0 Å². The van der Waals surface area contributed by atoms with Crippen LogP contribution in [0.15, 0.2) is 72.8 Å². The van der Waals surface area contributed by atoms with Crippen LogP contribution >= 0.6 is 11.6 Å². The van der Waals surface area contributed by atoms with Gasteiger partial charge in [-0.2, -0.15) is 0 Å². The Balaban J connectivity index is 1.43. The molecule has 0 spiro atoms. The normalized spacial score (nSPS) is 15.2. The van der Waals surface area contributed by atoms with E-state index in [4.69, 9.17) is 16.3 Å². The third-order valence-corrected chi connectivity index (χ3v) is 5.71. The monoisotopic (exact) mass is 434 g/mol. The van der Waals surface area contributed by atoms with Crippen LogP contribution in [0.2, 0.25) is 5.02 Å². The van der Waals surface area contributed by atoms with Crippen molar-refractivity contribution >= 4 is 29.1 Å². The topological polar surface area (TPSA) is 58.6 Å². The minimum absolute atomic E-state index is 0.0200. The van der Waals surface area contributed by atoms with Crippen LogP contribution in [-0.4, -0.2) is 23.3 Å². The highest BCUT2D eigenvalue weighted by atomic mass is 35.5. The van der Waals surface area contributed by atoms with E-state index < -0.39 is 0 Å². The van der Waals surface area contributed by atoms with Crippen LogP contribution < -0.4 is 10.1 Å². The fourth-order valence-corrected chi connectivity index (χ4v) is 4.07. The first-order chi connectivity index (χ1) is 15.0. The molecule has 3 aromatic carbocycles. The number of benzene rings is 3. The van der Waals surface area contributed by atoms with Crippen molar-refractivity contribution in [2.45, 2.75) is 25.8 Å². The number of nitrogens with one attached hydrogen (secondary N) is 1. The molecule has 5 nitrogen and oxygen atoms in total. The van der Waals surface area contributed by atoms with E-state index in [-0.39, 0.29) is 24.3 Å². The number of ether oxygens (including phenoxy) is 1. The molecule has 0 fully saturated rings. The first-order valence-electron chi connectivity index (χ1n) is 10.2. The van der Waals surface area contributed by atoms with Crippen LogP contribution in [0.25, 0.3) is 0 Å². The summed E-state index contributed by atoms with van der Waals surface area (Å²) in [6.07, 6.45) is 1.01. The first-order valence-corrected chi connectivity index (χ1v) is 10.6. The van der Waals surface area contributed by atoms with Crippen LogP contribution in [0.4, 0.5) is 5.69 Å². The zero-order valence-corrected chi connectivity index (χ0v) is 17.9. The van der Waals surface area contributed by atoms with E-state index in [2.05, 4.69) is 11.4 Å². The fraction of sp³-hybridized carbons (Fsp3) is 0.200. The van der Waals surface area contributed by atoms with E-state index >= 15 is 0 Å². The lowest BCUT2D eigenvalue weighted by atomic mass is 9.90. The van der Waals surface area contributed by atoms with Crippen molar-refractivity contribution in [1.29, 1.82) is 0 Å². The van der Waals surface area contributed by atoms with Crippen LogP contribution in [-0.2, 0) is 16.0 Å². The number of halogens is 1. The summed E-state index contributed by atoms with van der Waals surface area (Å²) in [7, 11) is 0. The predicted octanol–water partition coefficient (Wildman–Crippen LogP) is 5.61. The van der Waals surface area contributed by atoms with Gasteiger partial charge in [-0.25, -0.2) is 0 Å². The maximum atomic E-state index is 12.8. The summed E-state index contributed by atoms with van der Waals surface area (Å²) >= 11 is 6.13. The van der Waals surface area contributed by atoms with Gasteiger partial charge in [0.25, 0.3) is 0 Å². The maximum Gasteiger partial charge on any atom is 0.226 e. The highest BCUT2D eigenvalue weighted by molar-refractivity contribution is 6.32. The Hall–Kier alpha value is -3.31. The molecule has 0 bridgehead atoms. The van der Waals surface area contributed by atoms with E-state index in [1.165, 1.54) is 5.56 Å². The molecule has 1 aliphatic heterocycles. The lowest BCUT2D eigenvalue weighted by Crippen LogP contribution is -2.40. The summed E-state index contributed by atoms with van der Waals surface area (Å²) < 4.78 is 5.78. The predicted molar refractivity (Wildman–Crippen MR) is 121 cm³/mol. The molecule has 0 radical (unpaired) electrons. The Morgan fingerprint density at radius 2 is 1.74 bits per heavy atom. The van der Waals surface area contributed by atoms with E-state index in [9.17, 15) is 9.59 Å². The van der Waals surface area contributed by atoms with E-state index in [1.807, 2.05) is 30.3 Å². The second-order valence-electron chi connectivity index (χ2n) is 7.49. The number of hydrogen-bond donors (Lipinski definition) is 1. The molecular weight excluding hydrogens is 412 g/mol. The van der Waals surface area contributed by atoms with Gasteiger partial charge in [0.15, 0.2) is 0 Å². The highest BCUT2D eigenvalue weighted by Crippen LogP contribution is 2.33. The minimum Gasteiger partial charge on any atom is -0.456 e. The van der Waals surface area contributed by atoms with Crippen molar-refractivity contribution in [3.63, 3.8) is 0 Å². The van der Waals surface area contributed by atoms with Crippen LogP contribution in [0.3, 0.4) is 0 Å².